The van der Waals surface area contributed by atoms with Gasteiger partial charge in [-0.3, -0.25) is 0 Å². The zero-order valence-corrected chi connectivity index (χ0v) is 12.3. The first-order chi connectivity index (χ1) is 10.9. The van der Waals surface area contributed by atoms with Gasteiger partial charge in [-0.1, -0.05) is 42.5 Å². The van der Waals surface area contributed by atoms with E-state index >= 15 is 0 Å². The summed E-state index contributed by atoms with van der Waals surface area (Å²) < 4.78 is 0. The minimum atomic E-state index is 0.654. The van der Waals surface area contributed by atoms with Gasteiger partial charge in [0.1, 0.15) is 0 Å². The van der Waals surface area contributed by atoms with Crippen molar-refractivity contribution in [1.82, 2.24) is 9.97 Å². The lowest BCUT2D eigenvalue weighted by molar-refractivity contribution is 0.829. The molecule has 1 aliphatic carbocycles. The number of benzene rings is 2. The number of para-hydroxylation sites is 1. The van der Waals surface area contributed by atoms with E-state index < -0.39 is 0 Å². The number of fused-ring (bicyclic) bond motifs is 3. The van der Waals surface area contributed by atoms with Crippen molar-refractivity contribution < 1.29 is 0 Å². The molecule has 1 aliphatic rings. The van der Waals surface area contributed by atoms with Crippen LogP contribution in [0.15, 0.2) is 60.8 Å². The van der Waals surface area contributed by atoms with Crippen LogP contribution in [0.2, 0.25) is 0 Å². The van der Waals surface area contributed by atoms with Gasteiger partial charge >= 0.3 is 0 Å². The molecule has 0 saturated heterocycles. The standard InChI is InChI=1S/C19H17N3/c1-2-10-16(11-3-1)21-19-20-13-15-9-6-8-14-7-4-5-12-17(14)18(15)22-19/h1-5,7,10-13H,6,8-9H2,(H,20,21,22). The summed E-state index contributed by atoms with van der Waals surface area (Å²) in [5.41, 5.74) is 5.94. The Bertz CT molecular complexity index is 797. The number of hydrogen-bond donors (Lipinski definition) is 1. The number of nitrogens with one attached hydrogen (secondary N) is 1. The molecular weight excluding hydrogens is 270 g/mol. The normalized spacial score (nSPS) is 12.9. The number of rotatable bonds is 2. The molecule has 0 unspecified atom stereocenters. The van der Waals surface area contributed by atoms with Gasteiger partial charge in [-0.15, -0.1) is 0 Å². The van der Waals surface area contributed by atoms with Gasteiger partial charge in [0.2, 0.25) is 5.95 Å². The van der Waals surface area contributed by atoms with E-state index in [0.717, 1.165) is 30.6 Å². The molecule has 3 aromatic rings. The fourth-order valence-electron chi connectivity index (χ4n) is 2.97. The van der Waals surface area contributed by atoms with Gasteiger partial charge in [-0.2, -0.15) is 0 Å². The molecule has 1 N–H and O–H groups in total. The lowest BCUT2D eigenvalue weighted by Crippen LogP contribution is -2.01. The first-order valence-electron chi connectivity index (χ1n) is 7.66. The van der Waals surface area contributed by atoms with Crippen molar-refractivity contribution in [3.63, 3.8) is 0 Å². The summed E-state index contributed by atoms with van der Waals surface area (Å²) in [6.07, 6.45) is 5.26. The van der Waals surface area contributed by atoms with E-state index in [-0.39, 0.29) is 0 Å². The molecule has 0 atom stereocenters. The average molecular weight is 287 g/mol. The van der Waals surface area contributed by atoms with E-state index in [0.29, 0.717) is 5.95 Å². The Hall–Kier alpha value is -2.68. The summed E-state index contributed by atoms with van der Waals surface area (Å²) in [6, 6.07) is 18.6. The van der Waals surface area contributed by atoms with E-state index in [1.165, 1.54) is 16.7 Å². The maximum Gasteiger partial charge on any atom is 0.227 e. The number of hydrogen-bond acceptors (Lipinski definition) is 3. The fourth-order valence-corrected chi connectivity index (χ4v) is 2.97. The smallest absolute Gasteiger partial charge is 0.227 e. The van der Waals surface area contributed by atoms with Crippen molar-refractivity contribution in [3.8, 4) is 11.3 Å². The van der Waals surface area contributed by atoms with Crippen molar-refractivity contribution in [2.75, 3.05) is 5.32 Å². The number of nitrogens with zero attached hydrogens (tertiary/aromatic N) is 2. The molecule has 1 heterocycles. The minimum Gasteiger partial charge on any atom is -0.324 e. The summed E-state index contributed by atoms with van der Waals surface area (Å²) in [7, 11) is 0. The van der Waals surface area contributed by atoms with E-state index in [1.807, 2.05) is 36.5 Å². The van der Waals surface area contributed by atoms with Crippen LogP contribution in [0.4, 0.5) is 11.6 Å². The first-order valence-corrected chi connectivity index (χ1v) is 7.66. The van der Waals surface area contributed by atoms with Crippen LogP contribution in [-0.2, 0) is 12.8 Å². The second-order valence-corrected chi connectivity index (χ2v) is 5.57. The topological polar surface area (TPSA) is 37.8 Å². The Labute approximate surface area is 130 Å². The predicted octanol–water partition coefficient (Wildman–Crippen LogP) is 4.38. The molecule has 0 radical (unpaired) electrons. The second kappa shape index (κ2) is 5.60. The van der Waals surface area contributed by atoms with E-state index in [4.69, 9.17) is 4.98 Å². The van der Waals surface area contributed by atoms with Crippen LogP contribution in [0.3, 0.4) is 0 Å². The number of aromatic nitrogens is 2. The first kappa shape index (κ1) is 13.0. The lowest BCUT2D eigenvalue weighted by Gasteiger charge is -2.10. The Kier molecular flexibility index (Phi) is 3.31. The van der Waals surface area contributed by atoms with Crippen molar-refractivity contribution >= 4 is 11.6 Å². The molecule has 22 heavy (non-hydrogen) atoms. The highest BCUT2D eigenvalue weighted by Gasteiger charge is 2.16. The molecular formula is C19H17N3. The van der Waals surface area contributed by atoms with Crippen LogP contribution in [0, 0.1) is 0 Å². The Morgan fingerprint density at radius 1 is 0.818 bits per heavy atom. The van der Waals surface area contributed by atoms with Gasteiger partial charge in [-0.05, 0) is 42.5 Å². The van der Waals surface area contributed by atoms with Crippen LogP contribution in [0.25, 0.3) is 11.3 Å². The SMILES string of the molecule is c1ccc(Nc2ncc3c(n2)-c2ccccc2CCC3)cc1. The summed E-state index contributed by atoms with van der Waals surface area (Å²) in [5, 5.41) is 3.28. The summed E-state index contributed by atoms with van der Waals surface area (Å²) in [6.45, 7) is 0. The van der Waals surface area contributed by atoms with Crippen molar-refractivity contribution in [3.05, 3.63) is 71.9 Å². The zero-order chi connectivity index (χ0) is 14.8. The van der Waals surface area contributed by atoms with E-state index in [2.05, 4.69) is 34.6 Å². The average Bonchev–Trinajstić information content (AvgIpc) is 2.75. The highest BCUT2D eigenvalue weighted by molar-refractivity contribution is 5.69. The van der Waals surface area contributed by atoms with E-state index in [9.17, 15) is 0 Å². The van der Waals surface area contributed by atoms with Crippen LogP contribution in [-0.4, -0.2) is 9.97 Å². The monoisotopic (exact) mass is 287 g/mol. The summed E-state index contributed by atoms with van der Waals surface area (Å²) >= 11 is 0. The van der Waals surface area contributed by atoms with Crippen molar-refractivity contribution in [2.24, 2.45) is 0 Å². The fraction of sp³-hybridized carbons (Fsp3) is 0.158. The number of anilines is 2. The quantitative estimate of drug-likeness (QED) is 0.760. The van der Waals surface area contributed by atoms with Crippen LogP contribution in [0.5, 0.6) is 0 Å². The predicted molar refractivity (Wildman–Crippen MR) is 89.2 cm³/mol. The molecule has 1 aromatic heterocycles. The molecule has 2 aromatic carbocycles. The molecule has 0 bridgehead atoms. The largest absolute Gasteiger partial charge is 0.324 e. The zero-order valence-electron chi connectivity index (χ0n) is 12.3. The van der Waals surface area contributed by atoms with Gasteiger partial charge in [0.15, 0.2) is 0 Å². The molecule has 0 fully saturated rings. The lowest BCUT2D eigenvalue weighted by atomic mass is 10.0. The molecule has 3 nitrogen and oxygen atoms in total. The molecule has 4 rings (SSSR count). The van der Waals surface area contributed by atoms with E-state index in [1.54, 1.807) is 0 Å². The van der Waals surface area contributed by atoms with Gasteiger partial charge in [0.05, 0.1) is 5.69 Å². The van der Waals surface area contributed by atoms with Gasteiger partial charge in [0.25, 0.3) is 0 Å². The Balaban J connectivity index is 1.76. The maximum atomic E-state index is 4.79. The third kappa shape index (κ3) is 2.46. The number of aryl methyl sites for hydroxylation is 2. The molecule has 0 aliphatic heterocycles. The highest BCUT2D eigenvalue weighted by Crippen LogP contribution is 2.31. The Morgan fingerprint density at radius 2 is 1.59 bits per heavy atom. The molecule has 108 valence electrons. The third-order valence-corrected chi connectivity index (χ3v) is 4.06. The molecule has 0 spiro atoms. The molecule has 0 amide bonds. The van der Waals surface area contributed by atoms with Crippen LogP contribution >= 0.6 is 0 Å². The second-order valence-electron chi connectivity index (χ2n) is 5.57. The van der Waals surface area contributed by atoms with Crippen LogP contribution < -0.4 is 5.32 Å². The van der Waals surface area contributed by atoms with Gasteiger partial charge in [0, 0.05) is 17.4 Å². The van der Waals surface area contributed by atoms with Crippen molar-refractivity contribution in [2.45, 2.75) is 19.3 Å². The third-order valence-electron chi connectivity index (χ3n) is 4.06. The highest BCUT2D eigenvalue weighted by atomic mass is 15.1. The van der Waals surface area contributed by atoms with Crippen LogP contribution in [0.1, 0.15) is 17.5 Å². The van der Waals surface area contributed by atoms with Gasteiger partial charge < -0.3 is 5.32 Å². The molecule has 0 saturated carbocycles. The molecule has 3 heteroatoms. The Morgan fingerprint density at radius 3 is 2.50 bits per heavy atom. The summed E-state index contributed by atoms with van der Waals surface area (Å²) in [5.74, 6) is 0.654. The van der Waals surface area contributed by atoms with Crippen molar-refractivity contribution in [1.29, 1.82) is 0 Å². The minimum absolute atomic E-state index is 0.654. The maximum absolute atomic E-state index is 4.79. The summed E-state index contributed by atoms with van der Waals surface area (Å²) in [4.78, 5) is 9.27. The van der Waals surface area contributed by atoms with Gasteiger partial charge in [-0.25, -0.2) is 9.97 Å².